The highest BCUT2D eigenvalue weighted by atomic mass is 79.9. The molecule has 0 aliphatic carbocycles. The highest BCUT2D eigenvalue weighted by Crippen LogP contribution is 2.17. The van der Waals surface area contributed by atoms with E-state index >= 15 is 0 Å². The van der Waals surface area contributed by atoms with Gasteiger partial charge in [0.05, 0.1) is 6.67 Å². The molecule has 2 rings (SSSR count). The summed E-state index contributed by atoms with van der Waals surface area (Å²) in [6.07, 6.45) is 0. The van der Waals surface area contributed by atoms with Crippen LogP contribution in [0.5, 0.6) is 0 Å². The minimum Gasteiger partial charge on any atom is -0.314 e. The molecule has 0 radical (unpaired) electrons. The van der Waals surface area contributed by atoms with Crippen molar-refractivity contribution in [2.75, 3.05) is 39.9 Å². The average molecular weight is 312 g/mol. The maximum absolute atomic E-state index is 3.55. The summed E-state index contributed by atoms with van der Waals surface area (Å²) >= 11 is 3.55. The predicted molar refractivity (Wildman–Crippen MR) is 79.7 cm³/mol. The van der Waals surface area contributed by atoms with Gasteiger partial charge in [0.15, 0.2) is 0 Å². The molecule has 1 aromatic rings. The van der Waals surface area contributed by atoms with E-state index in [1.807, 2.05) is 0 Å². The third kappa shape index (κ3) is 4.05. The van der Waals surface area contributed by atoms with Gasteiger partial charge in [0.25, 0.3) is 0 Å². The molecule has 1 N–H and O–H groups in total. The van der Waals surface area contributed by atoms with Crippen molar-refractivity contribution in [3.05, 3.63) is 33.8 Å². The predicted octanol–water partition coefficient (Wildman–Crippen LogP) is 2.05. The van der Waals surface area contributed by atoms with Crippen molar-refractivity contribution in [1.29, 1.82) is 0 Å². The minimum absolute atomic E-state index is 1.01. The van der Waals surface area contributed by atoms with Crippen molar-refractivity contribution in [2.24, 2.45) is 0 Å². The quantitative estimate of drug-likeness (QED) is 0.918. The molecule has 18 heavy (non-hydrogen) atoms. The van der Waals surface area contributed by atoms with Gasteiger partial charge in [-0.3, -0.25) is 9.80 Å². The molecule has 1 saturated heterocycles. The Morgan fingerprint density at radius 2 is 2.06 bits per heavy atom. The Morgan fingerprint density at radius 3 is 2.78 bits per heavy atom. The van der Waals surface area contributed by atoms with Gasteiger partial charge in [0, 0.05) is 37.2 Å². The topological polar surface area (TPSA) is 18.5 Å². The molecule has 0 amide bonds. The summed E-state index contributed by atoms with van der Waals surface area (Å²) in [4.78, 5) is 4.89. The van der Waals surface area contributed by atoms with Crippen LogP contribution >= 0.6 is 15.9 Å². The first kappa shape index (κ1) is 14.0. The zero-order valence-electron chi connectivity index (χ0n) is 11.2. The first-order valence-electron chi connectivity index (χ1n) is 6.52. The molecule has 1 heterocycles. The number of nitrogens with one attached hydrogen (secondary N) is 1. The van der Waals surface area contributed by atoms with Gasteiger partial charge in [-0.25, -0.2) is 0 Å². The summed E-state index contributed by atoms with van der Waals surface area (Å²) in [6.45, 7) is 8.78. The molecule has 0 atom stereocenters. The molecule has 1 aliphatic heterocycles. The second-order valence-corrected chi connectivity index (χ2v) is 6.01. The van der Waals surface area contributed by atoms with Crippen LogP contribution in [0.2, 0.25) is 0 Å². The lowest BCUT2D eigenvalue weighted by Gasteiger charge is -2.31. The standard InChI is InChI=1S/C14H22BrN3/c1-12-3-4-14(15)9-13(12)10-17(2)11-18-7-5-16-6-8-18/h3-4,9,16H,5-8,10-11H2,1-2H3. The van der Waals surface area contributed by atoms with E-state index in [9.17, 15) is 0 Å². The van der Waals surface area contributed by atoms with Gasteiger partial charge in [-0.1, -0.05) is 22.0 Å². The van der Waals surface area contributed by atoms with E-state index < -0.39 is 0 Å². The van der Waals surface area contributed by atoms with Crippen LogP contribution in [0.25, 0.3) is 0 Å². The molecule has 0 saturated carbocycles. The lowest BCUT2D eigenvalue weighted by molar-refractivity contribution is 0.135. The molecular weight excluding hydrogens is 290 g/mol. The maximum atomic E-state index is 3.55. The van der Waals surface area contributed by atoms with E-state index in [1.54, 1.807) is 0 Å². The first-order chi connectivity index (χ1) is 8.65. The summed E-state index contributed by atoms with van der Waals surface area (Å²) in [5.41, 5.74) is 2.77. The normalized spacial score (nSPS) is 17.3. The van der Waals surface area contributed by atoms with Gasteiger partial charge in [0.1, 0.15) is 0 Å². The van der Waals surface area contributed by atoms with Gasteiger partial charge in [-0.05, 0) is 37.2 Å². The number of piperazine rings is 1. The Hall–Kier alpha value is -0.420. The average Bonchev–Trinajstić information content (AvgIpc) is 2.35. The highest BCUT2D eigenvalue weighted by Gasteiger charge is 2.12. The minimum atomic E-state index is 1.01. The van der Waals surface area contributed by atoms with Crippen LogP contribution in [0, 0.1) is 6.92 Å². The number of halogens is 1. The molecule has 0 bridgehead atoms. The summed E-state index contributed by atoms with van der Waals surface area (Å²) in [6, 6.07) is 6.51. The summed E-state index contributed by atoms with van der Waals surface area (Å²) < 4.78 is 1.17. The number of aryl methyl sites for hydroxylation is 1. The van der Waals surface area contributed by atoms with Crippen molar-refractivity contribution in [3.8, 4) is 0 Å². The second kappa shape index (κ2) is 6.66. The van der Waals surface area contributed by atoms with Crippen molar-refractivity contribution in [3.63, 3.8) is 0 Å². The van der Waals surface area contributed by atoms with Crippen LogP contribution in [-0.4, -0.2) is 49.7 Å². The lowest BCUT2D eigenvalue weighted by atomic mass is 10.1. The number of rotatable bonds is 4. The fourth-order valence-electron chi connectivity index (χ4n) is 2.35. The number of benzene rings is 1. The van der Waals surface area contributed by atoms with Crippen LogP contribution in [0.4, 0.5) is 0 Å². The summed E-state index contributed by atoms with van der Waals surface area (Å²) in [7, 11) is 2.20. The van der Waals surface area contributed by atoms with E-state index in [0.29, 0.717) is 0 Å². The molecule has 0 spiro atoms. The summed E-state index contributed by atoms with van der Waals surface area (Å²) in [5.74, 6) is 0. The number of hydrogen-bond acceptors (Lipinski definition) is 3. The zero-order chi connectivity index (χ0) is 13.0. The SMILES string of the molecule is Cc1ccc(Br)cc1CN(C)CN1CCNCC1. The van der Waals surface area contributed by atoms with Gasteiger partial charge in [0.2, 0.25) is 0 Å². The fourth-order valence-corrected chi connectivity index (χ4v) is 2.75. The molecule has 0 aromatic heterocycles. The Labute approximate surface area is 118 Å². The monoisotopic (exact) mass is 311 g/mol. The Balaban J connectivity index is 1.89. The highest BCUT2D eigenvalue weighted by molar-refractivity contribution is 9.10. The van der Waals surface area contributed by atoms with Gasteiger partial charge in [-0.2, -0.15) is 0 Å². The van der Waals surface area contributed by atoms with Crippen LogP contribution < -0.4 is 5.32 Å². The Bertz CT molecular complexity index is 389. The number of hydrogen-bond donors (Lipinski definition) is 1. The zero-order valence-corrected chi connectivity index (χ0v) is 12.8. The fraction of sp³-hybridized carbons (Fsp3) is 0.571. The van der Waals surface area contributed by atoms with Gasteiger partial charge in [-0.15, -0.1) is 0 Å². The van der Waals surface area contributed by atoms with Gasteiger partial charge < -0.3 is 5.32 Å². The van der Waals surface area contributed by atoms with Crippen molar-refractivity contribution < 1.29 is 0 Å². The van der Waals surface area contributed by atoms with Crippen LogP contribution in [0.3, 0.4) is 0 Å². The van der Waals surface area contributed by atoms with Crippen LogP contribution in [-0.2, 0) is 6.54 Å². The molecular formula is C14H22BrN3. The molecule has 4 heteroatoms. The van der Waals surface area contributed by atoms with Crippen molar-refractivity contribution >= 4 is 15.9 Å². The van der Waals surface area contributed by atoms with Gasteiger partial charge >= 0.3 is 0 Å². The molecule has 1 aromatic carbocycles. The summed E-state index contributed by atoms with van der Waals surface area (Å²) in [5, 5.41) is 3.39. The van der Waals surface area contributed by atoms with Crippen molar-refractivity contribution in [2.45, 2.75) is 13.5 Å². The smallest absolute Gasteiger partial charge is 0.0507 e. The van der Waals surface area contributed by atoms with E-state index in [2.05, 4.69) is 63.2 Å². The third-order valence-electron chi connectivity index (χ3n) is 3.40. The maximum Gasteiger partial charge on any atom is 0.0507 e. The van der Waals surface area contributed by atoms with E-state index in [4.69, 9.17) is 0 Å². The van der Waals surface area contributed by atoms with Crippen LogP contribution in [0.1, 0.15) is 11.1 Å². The van der Waals surface area contributed by atoms with E-state index in [0.717, 1.165) is 39.4 Å². The molecule has 3 nitrogen and oxygen atoms in total. The van der Waals surface area contributed by atoms with E-state index in [-0.39, 0.29) is 0 Å². The Kier molecular flexibility index (Phi) is 5.18. The molecule has 100 valence electrons. The van der Waals surface area contributed by atoms with E-state index in [1.165, 1.54) is 15.6 Å². The largest absolute Gasteiger partial charge is 0.314 e. The first-order valence-corrected chi connectivity index (χ1v) is 7.31. The second-order valence-electron chi connectivity index (χ2n) is 5.09. The number of nitrogens with zero attached hydrogens (tertiary/aromatic N) is 2. The lowest BCUT2D eigenvalue weighted by Crippen LogP contribution is -2.47. The molecule has 0 unspecified atom stereocenters. The van der Waals surface area contributed by atoms with Crippen LogP contribution in [0.15, 0.2) is 22.7 Å². The van der Waals surface area contributed by atoms with Crippen molar-refractivity contribution in [1.82, 2.24) is 15.1 Å². The molecule has 1 fully saturated rings. The molecule has 1 aliphatic rings. The third-order valence-corrected chi connectivity index (χ3v) is 3.90. The Morgan fingerprint density at radius 1 is 1.33 bits per heavy atom.